The van der Waals surface area contributed by atoms with Gasteiger partial charge in [-0.25, -0.2) is 4.57 Å². The topological polar surface area (TPSA) is 3.88 Å². The van der Waals surface area contributed by atoms with E-state index in [1.165, 1.54) is 148 Å². The van der Waals surface area contributed by atoms with Crippen molar-refractivity contribution in [3.63, 3.8) is 0 Å². The summed E-state index contributed by atoms with van der Waals surface area (Å²) in [5.41, 5.74) is 0. The second-order valence-corrected chi connectivity index (χ2v) is 10.3. The van der Waals surface area contributed by atoms with Crippen molar-refractivity contribution in [1.82, 2.24) is 0 Å². The first-order valence-electron chi connectivity index (χ1n) is 14.8. The predicted octanol–water partition coefficient (Wildman–Crippen LogP) is 10.5. The largest absolute Gasteiger partial charge is 0.202 e. The van der Waals surface area contributed by atoms with Gasteiger partial charge in [0.15, 0.2) is 18.4 Å². The average molecular weight is 445 g/mol. The standard InChI is InChI=1S/C31H58N/c1-3-5-7-9-11-13-14-15-17-19-21-24-28-31(32-29-25-22-26-30-32)27-23-20-18-16-12-10-8-6-4-2/h22,25-26,29-31H,3-21,23-24,27-28H2,1-2H3/q+1. The molecule has 0 bridgehead atoms. The Kier molecular flexibility index (Phi) is 21.3. The summed E-state index contributed by atoms with van der Waals surface area (Å²) in [6.07, 6.45) is 37.5. The van der Waals surface area contributed by atoms with Crippen LogP contribution in [-0.4, -0.2) is 0 Å². The molecule has 1 heterocycles. The zero-order valence-electron chi connectivity index (χ0n) is 22.2. The lowest BCUT2D eigenvalue weighted by molar-refractivity contribution is -0.724. The fourth-order valence-corrected chi connectivity index (χ4v) is 5.01. The van der Waals surface area contributed by atoms with Crippen LogP contribution in [0.5, 0.6) is 0 Å². The highest BCUT2D eigenvalue weighted by Crippen LogP contribution is 2.20. The highest BCUT2D eigenvalue weighted by atomic mass is 15.0. The maximum atomic E-state index is 2.49. The average Bonchev–Trinajstić information content (AvgIpc) is 2.83. The molecule has 1 unspecified atom stereocenters. The normalized spacial score (nSPS) is 12.3. The zero-order valence-corrected chi connectivity index (χ0v) is 22.2. The Bertz CT molecular complexity index is 469. The fraction of sp³-hybridized carbons (Fsp3) is 0.839. The number of hydrogen-bond donors (Lipinski definition) is 0. The monoisotopic (exact) mass is 444 g/mol. The number of aromatic nitrogens is 1. The van der Waals surface area contributed by atoms with Crippen LogP contribution in [0.15, 0.2) is 30.6 Å². The first kappa shape index (κ1) is 29.2. The van der Waals surface area contributed by atoms with E-state index in [0.717, 1.165) is 0 Å². The van der Waals surface area contributed by atoms with E-state index in [4.69, 9.17) is 0 Å². The maximum absolute atomic E-state index is 2.49. The first-order valence-corrected chi connectivity index (χ1v) is 14.8. The van der Waals surface area contributed by atoms with E-state index >= 15 is 0 Å². The highest BCUT2D eigenvalue weighted by molar-refractivity contribution is 4.84. The van der Waals surface area contributed by atoms with Crippen molar-refractivity contribution in [1.29, 1.82) is 0 Å². The van der Waals surface area contributed by atoms with Gasteiger partial charge < -0.3 is 0 Å². The molecule has 1 aromatic heterocycles. The van der Waals surface area contributed by atoms with Gasteiger partial charge in [-0.05, 0) is 12.8 Å². The molecule has 0 aliphatic carbocycles. The van der Waals surface area contributed by atoms with Gasteiger partial charge in [-0.1, -0.05) is 142 Å². The molecule has 1 heteroatoms. The van der Waals surface area contributed by atoms with E-state index in [-0.39, 0.29) is 0 Å². The van der Waals surface area contributed by atoms with Gasteiger partial charge in [0.2, 0.25) is 0 Å². The predicted molar refractivity (Wildman–Crippen MR) is 143 cm³/mol. The highest BCUT2D eigenvalue weighted by Gasteiger charge is 2.16. The lowest BCUT2D eigenvalue weighted by Gasteiger charge is -2.13. The molecule has 186 valence electrons. The van der Waals surface area contributed by atoms with Crippen LogP contribution in [0.2, 0.25) is 0 Å². The van der Waals surface area contributed by atoms with E-state index in [2.05, 4.69) is 49.0 Å². The van der Waals surface area contributed by atoms with Crippen LogP contribution in [0.4, 0.5) is 0 Å². The number of hydrogen-bond acceptors (Lipinski definition) is 0. The summed E-state index contributed by atoms with van der Waals surface area (Å²) in [5.74, 6) is 0. The van der Waals surface area contributed by atoms with E-state index in [0.29, 0.717) is 6.04 Å². The molecule has 0 N–H and O–H groups in total. The van der Waals surface area contributed by atoms with Crippen LogP contribution in [-0.2, 0) is 0 Å². The summed E-state index contributed by atoms with van der Waals surface area (Å²) in [5, 5.41) is 0. The van der Waals surface area contributed by atoms with E-state index in [1.807, 2.05) is 0 Å². The van der Waals surface area contributed by atoms with Crippen LogP contribution in [0.1, 0.15) is 168 Å². The molecule has 0 saturated heterocycles. The second-order valence-electron chi connectivity index (χ2n) is 10.3. The molecule has 0 fully saturated rings. The Morgan fingerprint density at radius 2 is 0.719 bits per heavy atom. The third-order valence-corrected chi connectivity index (χ3v) is 7.19. The van der Waals surface area contributed by atoms with E-state index in [1.54, 1.807) is 0 Å². The van der Waals surface area contributed by atoms with Crippen LogP contribution >= 0.6 is 0 Å². The van der Waals surface area contributed by atoms with Gasteiger partial charge in [-0.3, -0.25) is 0 Å². The van der Waals surface area contributed by atoms with Crippen molar-refractivity contribution in [2.24, 2.45) is 0 Å². The molecular formula is C31H58N+. The van der Waals surface area contributed by atoms with Crippen LogP contribution in [0, 0.1) is 0 Å². The molecule has 32 heavy (non-hydrogen) atoms. The number of nitrogens with zero attached hydrogens (tertiary/aromatic N) is 1. The van der Waals surface area contributed by atoms with Crippen molar-refractivity contribution in [3.05, 3.63) is 30.6 Å². The Morgan fingerprint density at radius 3 is 1.06 bits per heavy atom. The minimum absolute atomic E-state index is 0.712. The Labute approximate surface area is 202 Å². The lowest BCUT2D eigenvalue weighted by Crippen LogP contribution is -2.38. The van der Waals surface area contributed by atoms with Gasteiger partial charge in [-0.15, -0.1) is 0 Å². The molecule has 0 spiro atoms. The molecule has 0 amide bonds. The lowest BCUT2D eigenvalue weighted by atomic mass is 9.99. The quantitative estimate of drug-likeness (QED) is 0.110. The van der Waals surface area contributed by atoms with Crippen LogP contribution in [0.25, 0.3) is 0 Å². The summed E-state index contributed by atoms with van der Waals surface area (Å²) in [6.45, 7) is 4.61. The van der Waals surface area contributed by atoms with Gasteiger partial charge in [-0.2, -0.15) is 0 Å². The minimum Gasteiger partial charge on any atom is -0.202 e. The second kappa shape index (κ2) is 23.3. The fourth-order valence-electron chi connectivity index (χ4n) is 5.01. The van der Waals surface area contributed by atoms with Gasteiger partial charge in [0, 0.05) is 25.0 Å². The molecule has 1 aromatic rings. The molecule has 1 nitrogen and oxygen atoms in total. The molecule has 0 saturated carbocycles. The summed E-state index contributed by atoms with van der Waals surface area (Å²) < 4.78 is 2.49. The summed E-state index contributed by atoms with van der Waals surface area (Å²) >= 11 is 0. The SMILES string of the molecule is CCCCCCCCCCCCCCC(CCCCCCCCCCC)[n+]1ccccc1. The van der Waals surface area contributed by atoms with Crippen LogP contribution in [0.3, 0.4) is 0 Å². The summed E-state index contributed by atoms with van der Waals surface area (Å²) in [4.78, 5) is 0. The minimum atomic E-state index is 0.712. The molecule has 0 aliphatic heterocycles. The Balaban J connectivity index is 2.07. The van der Waals surface area contributed by atoms with Gasteiger partial charge in [0.05, 0.1) is 0 Å². The number of pyridine rings is 1. The van der Waals surface area contributed by atoms with Gasteiger partial charge in [0.1, 0.15) is 0 Å². The maximum Gasteiger partial charge on any atom is 0.169 e. The zero-order chi connectivity index (χ0) is 23.0. The molecular weight excluding hydrogens is 386 g/mol. The summed E-state index contributed by atoms with van der Waals surface area (Å²) in [7, 11) is 0. The van der Waals surface area contributed by atoms with Crippen LogP contribution < -0.4 is 4.57 Å². The van der Waals surface area contributed by atoms with Crippen molar-refractivity contribution in [2.45, 2.75) is 168 Å². The number of rotatable bonds is 24. The van der Waals surface area contributed by atoms with Crippen molar-refractivity contribution in [3.8, 4) is 0 Å². The first-order chi connectivity index (χ1) is 15.9. The Hall–Kier alpha value is -0.850. The summed E-state index contributed by atoms with van der Waals surface area (Å²) in [6, 6.07) is 7.26. The molecule has 1 atom stereocenters. The van der Waals surface area contributed by atoms with E-state index < -0.39 is 0 Å². The molecule has 1 rings (SSSR count). The third-order valence-electron chi connectivity index (χ3n) is 7.19. The van der Waals surface area contributed by atoms with Crippen molar-refractivity contribution >= 4 is 0 Å². The number of unbranched alkanes of at least 4 members (excludes halogenated alkanes) is 19. The smallest absolute Gasteiger partial charge is 0.169 e. The Morgan fingerprint density at radius 1 is 0.406 bits per heavy atom. The molecule has 0 aromatic carbocycles. The van der Waals surface area contributed by atoms with Crippen molar-refractivity contribution < 1.29 is 4.57 Å². The van der Waals surface area contributed by atoms with Crippen molar-refractivity contribution in [2.75, 3.05) is 0 Å². The third kappa shape index (κ3) is 17.7. The van der Waals surface area contributed by atoms with E-state index in [9.17, 15) is 0 Å². The van der Waals surface area contributed by atoms with Gasteiger partial charge in [0.25, 0.3) is 0 Å². The van der Waals surface area contributed by atoms with Gasteiger partial charge >= 0.3 is 0 Å². The molecule has 0 aliphatic rings. The molecule has 0 radical (unpaired) electrons.